The Hall–Kier alpha value is -4.50. The van der Waals surface area contributed by atoms with E-state index in [1.54, 1.807) is 18.2 Å². The minimum Gasteiger partial charge on any atom is -0.508 e. The Morgan fingerprint density at radius 1 is 0.421 bits per heavy atom. The van der Waals surface area contributed by atoms with Gasteiger partial charge in [0.25, 0.3) is 0 Å². The van der Waals surface area contributed by atoms with Crippen molar-refractivity contribution in [1.29, 1.82) is 0 Å². The standard InChI is InChI=1S/2C12H10O.C11H16O/c2*13-12-9-5-4-8-11(12)10-6-2-1-3-7-10;1-2-3-4-7-10-8-5-6-9-11(10)12/h2*1-9,13H;5-6,8-9,12H,2-4,7H2,1H3. The molecule has 5 rings (SSSR count). The topological polar surface area (TPSA) is 60.7 Å². The van der Waals surface area contributed by atoms with E-state index in [9.17, 15) is 15.3 Å². The summed E-state index contributed by atoms with van der Waals surface area (Å²) in [5.74, 6) is 1.09. The first-order chi connectivity index (χ1) is 18.6. The van der Waals surface area contributed by atoms with Gasteiger partial charge in [0.1, 0.15) is 17.2 Å². The summed E-state index contributed by atoms with van der Waals surface area (Å²) in [6.45, 7) is 2.19. The molecule has 3 heteroatoms. The van der Waals surface area contributed by atoms with E-state index < -0.39 is 0 Å². The van der Waals surface area contributed by atoms with Gasteiger partial charge in [0.05, 0.1) is 0 Å². The molecule has 0 spiro atoms. The highest BCUT2D eigenvalue weighted by molar-refractivity contribution is 5.70. The molecule has 0 aliphatic rings. The molecule has 0 aliphatic heterocycles. The van der Waals surface area contributed by atoms with Gasteiger partial charge in [-0.3, -0.25) is 0 Å². The molecule has 0 aliphatic carbocycles. The summed E-state index contributed by atoms with van der Waals surface area (Å²) in [6, 6.07) is 42.0. The van der Waals surface area contributed by atoms with E-state index in [0.717, 1.165) is 34.2 Å². The van der Waals surface area contributed by atoms with Crippen molar-refractivity contribution < 1.29 is 15.3 Å². The second kappa shape index (κ2) is 15.6. The van der Waals surface area contributed by atoms with E-state index in [1.807, 2.05) is 115 Å². The fourth-order valence-corrected chi connectivity index (χ4v) is 3.96. The minimum atomic E-state index is 0.328. The molecule has 0 bridgehead atoms. The molecule has 0 saturated heterocycles. The second-order valence-corrected chi connectivity index (χ2v) is 8.85. The van der Waals surface area contributed by atoms with Crippen molar-refractivity contribution in [3.05, 3.63) is 139 Å². The van der Waals surface area contributed by atoms with Crippen LogP contribution in [0.5, 0.6) is 17.2 Å². The molecule has 0 saturated carbocycles. The lowest BCUT2D eigenvalue weighted by Gasteiger charge is -2.02. The first-order valence-electron chi connectivity index (χ1n) is 13.0. The normalized spacial score (nSPS) is 9.92. The molecule has 5 aromatic carbocycles. The number of aryl methyl sites for hydroxylation is 1. The third-order valence-electron chi connectivity index (χ3n) is 6.02. The summed E-state index contributed by atoms with van der Waals surface area (Å²) in [5, 5.41) is 28.5. The Kier molecular flexibility index (Phi) is 11.5. The SMILES string of the molecule is CCCCCc1ccccc1O.Oc1ccccc1-c1ccccc1.Oc1ccccc1-c1ccccc1. The first-order valence-corrected chi connectivity index (χ1v) is 13.0. The molecule has 0 aromatic heterocycles. The fraction of sp³-hybridized carbons (Fsp3) is 0.143. The van der Waals surface area contributed by atoms with Crippen molar-refractivity contribution in [3.63, 3.8) is 0 Å². The van der Waals surface area contributed by atoms with E-state index in [2.05, 4.69) is 6.92 Å². The smallest absolute Gasteiger partial charge is 0.123 e. The number of phenolic OH excluding ortho intramolecular Hbond substituents is 3. The Balaban J connectivity index is 0.000000158. The van der Waals surface area contributed by atoms with E-state index >= 15 is 0 Å². The van der Waals surface area contributed by atoms with Gasteiger partial charge in [-0.25, -0.2) is 0 Å². The van der Waals surface area contributed by atoms with E-state index in [4.69, 9.17) is 0 Å². The molecule has 3 N–H and O–H groups in total. The number of para-hydroxylation sites is 3. The molecule has 0 fully saturated rings. The summed E-state index contributed by atoms with van der Waals surface area (Å²) < 4.78 is 0. The van der Waals surface area contributed by atoms with Crippen LogP contribution in [0.2, 0.25) is 0 Å². The van der Waals surface area contributed by atoms with E-state index in [1.165, 1.54) is 19.3 Å². The van der Waals surface area contributed by atoms with Crippen molar-refractivity contribution in [2.24, 2.45) is 0 Å². The number of phenols is 3. The van der Waals surface area contributed by atoms with Crippen LogP contribution in [-0.4, -0.2) is 15.3 Å². The highest BCUT2D eigenvalue weighted by Crippen LogP contribution is 2.28. The van der Waals surface area contributed by atoms with Crippen molar-refractivity contribution >= 4 is 0 Å². The van der Waals surface area contributed by atoms with Gasteiger partial charge in [0.15, 0.2) is 0 Å². The van der Waals surface area contributed by atoms with Crippen LogP contribution in [0.1, 0.15) is 31.7 Å². The Bertz CT molecular complexity index is 1270. The number of benzene rings is 5. The van der Waals surface area contributed by atoms with Crippen molar-refractivity contribution in [2.75, 3.05) is 0 Å². The maximum atomic E-state index is 9.56. The van der Waals surface area contributed by atoms with Gasteiger partial charge in [-0.2, -0.15) is 0 Å². The van der Waals surface area contributed by atoms with Gasteiger partial charge in [0.2, 0.25) is 0 Å². The van der Waals surface area contributed by atoms with Crippen LogP contribution in [0.4, 0.5) is 0 Å². The predicted molar refractivity (Wildman–Crippen MR) is 158 cm³/mol. The molecule has 0 amide bonds. The maximum Gasteiger partial charge on any atom is 0.123 e. The molecule has 0 atom stereocenters. The van der Waals surface area contributed by atoms with Gasteiger partial charge in [-0.1, -0.05) is 135 Å². The number of rotatable bonds is 6. The number of unbranched alkanes of at least 4 members (excludes halogenated alkanes) is 2. The maximum absolute atomic E-state index is 9.56. The van der Waals surface area contributed by atoms with Crippen LogP contribution in [0.3, 0.4) is 0 Å². The lowest BCUT2D eigenvalue weighted by molar-refractivity contribution is 0.466. The van der Waals surface area contributed by atoms with Crippen LogP contribution in [0.15, 0.2) is 133 Å². The monoisotopic (exact) mass is 504 g/mol. The summed E-state index contributed by atoms with van der Waals surface area (Å²) in [6.07, 6.45) is 4.65. The highest BCUT2D eigenvalue weighted by Gasteiger charge is 2.01. The van der Waals surface area contributed by atoms with Crippen molar-refractivity contribution in [3.8, 4) is 39.5 Å². The van der Waals surface area contributed by atoms with Gasteiger partial charge < -0.3 is 15.3 Å². The van der Waals surface area contributed by atoms with Crippen LogP contribution in [0, 0.1) is 0 Å². The Morgan fingerprint density at radius 2 is 0.816 bits per heavy atom. The quantitative estimate of drug-likeness (QED) is 0.202. The summed E-state index contributed by atoms with van der Waals surface area (Å²) >= 11 is 0. The van der Waals surface area contributed by atoms with Crippen molar-refractivity contribution in [1.82, 2.24) is 0 Å². The van der Waals surface area contributed by atoms with Crippen molar-refractivity contribution in [2.45, 2.75) is 32.6 Å². The van der Waals surface area contributed by atoms with Gasteiger partial charge in [-0.15, -0.1) is 0 Å². The predicted octanol–water partition coefficient (Wildman–Crippen LogP) is 9.24. The third kappa shape index (κ3) is 8.86. The molecule has 0 radical (unpaired) electrons. The third-order valence-corrected chi connectivity index (χ3v) is 6.02. The molecular weight excluding hydrogens is 468 g/mol. The lowest BCUT2D eigenvalue weighted by Crippen LogP contribution is -1.85. The van der Waals surface area contributed by atoms with Gasteiger partial charge in [0, 0.05) is 11.1 Å². The molecule has 5 aromatic rings. The number of hydrogen-bond donors (Lipinski definition) is 3. The summed E-state index contributed by atoms with van der Waals surface area (Å²) in [5.41, 5.74) is 4.92. The largest absolute Gasteiger partial charge is 0.508 e. The average molecular weight is 505 g/mol. The average Bonchev–Trinajstić information content (AvgIpc) is 2.96. The first kappa shape index (κ1) is 28.1. The minimum absolute atomic E-state index is 0.328. The second-order valence-electron chi connectivity index (χ2n) is 8.85. The number of aromatic hydroxyl groups is 3. The zero-order chi connectivity index (χ0) is 27.0. The van der Waals surface area contributed by atoms with Crippen LogP contribution < -0.4 is 0 Å². The highest BCUT2D eigenvalue weighted by atomic mass is 16.3. The molecule has 3 nitrogen and oxygen atoms in total. The molecule has 194 valence electrons. The number of hydrogen-bond acceptors (Lipinski definition) is 3. The van der Waals surface area contributed by atoms with Crippen LogP contribution in [-0.2, 0) is 6.42 Å². The molecule has 0 unspecified atom stereocenters. The zero-order valence-electron chi connectivity index (χ0n) is 21.9. The molecular formula is C35H36O3. The van der Waals surface area contributed by atoms with Crippen LogP contribution in [0.25, 0.3) is 22.3 Å². The van der Waals surface area contributed by atoms with E-state index in [-0.39, 0.29) is 0 Å². The van der Waals surface area contributed by atoms with E-state index in [0.29, 0.717) is 17.2 Å². The summed E-state index contributed by atoms with van der Waals surface area (Å²) in [4.78, 5) is 0. The lowest BCUT2D eigenvalue weighted by atomic mass is 10.1. The van der Waals surface area contributed by atoms with Gasteiger partial charge in [-0.05, 0) is 47.7 Å². The van der Waals surface area contributed by atoms with Crippen LogP contribution >= 0.6 is 0 Å². The molecule has 38 heavy (non-hydrogen) atoms. The Morgan fingerprint density at radius 3 is 1.24 bits per heavy atom. The molecule has 0 heterocycles. The van der Waals surface area contributed by atoms with Gasteiger partial charge >= 0.3 is 0 Å². The Labute approximate surface area is 226 Å². The summed E-state index contributed by atoms with van der Waals surface area (Å²) in [7, 11) is 0. The zero-order valence-corrected chi connectivity index (χ0v) is 21.9. The fourth-order valence-electron chi connectivity index (χ4n) is 3.96.